The minimum atomic E-state index is 0.426. The largest absolute Gasteiger partial charge is 0.490 e. The van der Waals surface area contributed by atoms with Crippen molar-refractivity contribution < 1.29 is 9.47 Å². The van der Waals surface area contributed by atoms with Crippen LogP contribution in [0.25, 0.3) is 0 Å². The Hall–Kier alpha value is -1.88. The zero-order valence-corrected chi connectivity index (χ0v) is 18.4. The summed E-state index contributed by atoms with van der Waals surface area (Å²) in [6.45, 7) is 3.47. The van der Waals surface area contributed by atoms with E-state index < -0.39 is 0 Å². The van der Waals surface area contributed by atoms with Gasteiger partial charge in [-0.15, -0.1) is 0 Å². The van der Waals surface area contributed by atoms with Crippen molar-refractivity contribution in [2.24, 2.45) is 0 Å². The molecule has 0 bridgehead atoms. The van der Waals surface area contributed by atoms with Gasteiger partial charge in [-0.25, -0.2) is 0 Å². The van der Waals surface area contributed by atoms with Gasteiger partial charge in [0.1, 0.15) is 6.61 Å². The molecule has 0 saturated heterocycles. The van der Waals surface area contributed by atoms with E-state index in [4.69, 9.17) is 32.7 Å². The highest BCUT2D eigenvalue weighted by Crippen LogP contribution is 2.37. The maximum absolute atomic E-state index is 6.50. The van der Waals surface area contributed by atoms with Crippen molar-refractivity contribution in [3.8, 4) is 11.5 Å². The van der Waals surface area contributed by atoms with Crippen LogP contribution in [0.4, 0.5) is 5.69 Å². The highest BCUT2D eigenvalue weighted by Gasteiger charge is 2.13. The number of rotatable bonds is 8. The normalized spacial score (nSPS) is 10.6. The van der Waals surface area contributed by atoms with Gasteiger partial charge in [-0.2, -0.15) is 0 Å². The van der Waals surface area contributed by atoms with E-state index in [-0.39, 0.29) is 0 Å². The summed E-state index contributed by atoms with van der Waals surface area (Å²) in [5, 5.41) is 4.52. The standard InChI is InChI=1S/C22H20BrCl2NO2/c1-2-27-21-11-16(13-26-17-8-9-18(23)19(24)12-17)10-20(25)22(21)28-14-15-6-4-3-5-7-15/h3-12,26H,2,13-14H2,1H3. The Morgan fingerprint density at radius 2 is 1.68 bits per heavy atom. The summed E-state index contributed by atoms with van der Waals surface area (Å²) in [4.78, 5) is 0. The summed E-state index contributed by atoms with van der Waals surface area (Å²) in [5.74, 6) is 1.19. The van der Waals surface area contributed by atoms with Gasteiger partial charge >= 0.3 is 0 Å². The van der Waals surface area contributed by atoms with Crippen molar-refractivity contribution in [1.29, 1.82) is 0 Å². The van der Waals surface area contributed by atoms with Crippen LogP contribution in [0.1, 0.15) is 18.1 Å². The van der Waals surface area contributed by atoms with E-state index in [9.17, 15) is 0 Å². The van der Waals surface area contributed by atoms with Gasteiger partial charge < -0.3 is 14.8 Å². The second-order valence-corrected chi connectivity index (χ2v) is 7.76. The molecule has 0 aliphatic heterocycles. The second-order valence-electron chi connectivity index (χ2n) is 6.09. The third kappa shape index (κ3) is 5.57. The fraction of sp³-hybridized carbons (Fsp3) is 0.182. The second kappa shape index (κ2) is 10.1. The molecular formula is C22H20BrCl2NO2. The van der Waals surface area contributed by atoms with Crippen molar-refractivity contribution >= 4 is 44.8 Å². The SMILES string of the molecule is CCOc1cc(CNc2ccc(Br)c(Cl)c2)cc(Cl)c1OCc1ccccc1. The molecule has 0 radical (unpaired) electrons. The third-order valence-electron chi connectivity index (χ3n) is 4.01. The molecule has 0 aliphatic rings. The van der Waals surface area contributed by atoms with Crippen LogP contribution in [-0.2, 0) is 13.2 Å². The Morgan fingerprint density at radius 1 is 0.893 bits per heavy atom. The van der Waals surface area contributed by atoms with E-state index in [2.05, 4.69) is 21.2 Å². The summed E-state index contributed by atoms with van der Waals surface area (Å²) in [5.41, 5.74) is 2.98. The molecule has 0 aromatic heterocycles. The molecule has 0 spiro atoms. The third-order valence-corrected chi connectivity index (χ3v) is 5.52. The van der Waals surface area contributed by atoms with Crippen molar-refractivity contribution in [2.75, 3.05) is 11.9 Å². The molecule has 0 saturated carbocycles. The van der Waals surface area contributed by atoms with E-state index in [0.29, 0.717) is 41.3 Å². The van der Waals surface area contributed by atoms with Crippen LogP contribution in [0.2, 0.25) is 10.0 Å². The summed E-state index contributed by atoms with van der Waals surface area (Å²) in [6.07, 6.45) is 0. The molecule has 3 aromatic carbocycles. The molecule has 0 fully saturated rings. The Morgan fingerprint density at radius 3 is 2.39 bits per heavy atom. The molecule has 0 amide bonds. The van der Waals surface area contributed by atoms with E-state index in [1.54, 1.807) is 0 Å². The number of hydrogen-bond acceptors (Lipinski definition) is 3. The number of halogens is 3. The van der Waals surface area contributed by atoms with Crippen molar-refractivity contribution in [3.63, 3.8) is 0 Å². The zero-order valence-electron chi connectivity index (χ0n) is 15.3. The first kappa shape index (κ1) is 20.8. The van der Waals surface area contributed by atoms with Crippen molar-refractivity contribution in [2.45, 2.75) is 20.1 Å². The molecule has 1 N–H and O–H groups in total. The van der Waals surface area contributed by atoms with Crippen LogP contribution in [-0.4, -0.2) is 6.61 Å². The van der Waals surface area contributed by atoms with Crippen LogP contribution < -0.4 is 14.8 Å². The molecule has 146 valence electrons. The number of ether oxygens (including phenoxy) is 2. The molecule has 0 aliphatic carbocycles. The fourth-order valence-electron chi connectivity index (χ4n) is 2.67. The van der Waals surface area contributed by atoms with Gasteiger partial charge in [0.05, 0.1) is 16.7 Å². The van der Waals surface area contributed by atoms with Crippen LogP contribution in [0.3, 0.4) is 0 Å². The lowest BCUT2D eigenvalue weighted by Gasteiger charge is -2.16. The van der Waals surface area contributed by atoms with Gasteiger partial charge in [0, 0.05) is 16.7 Å². The Balaban J connectivity index is 1.74. The Bertz CT molecular complexity index is 935. The lowest BCUT2D eigenvalue weighted by Crippen LogP contribution is -2.04. The molecule has 28 heavy (non-hydrogen) atoms. The number of hydrogen-bond donors (Lipinski definition) is 1. The monoisotopic (exact) mass is 479 g/mol. The molecule has 0 unspecified atom stereocenters. The lowest BCUT2D eigenvalue weighted by atomic mass is 10.2. The molecule has 3 rings (SSSR count). The Labute approximate surface area is 183 Å². The lowest BCUT2D eigenvalue weighted by molar-refractivity contribution is 0.269. The maximum atomic E-state index is 6.50. The van der Waals surface area contributed by atoms with Gasteiger partial charge in [-0.05, 0) is 64.3 Å². The molecule has 6 heteroatoms. The number of benzene rings is 3. The molecule has 3 nitrogen and oxygen atoms in total. The highest BCUT2D eigenvalue weighted by atomic mass is 79.9. The van der Waals surface area contributed by atoms with Crippen molar-refractivity contribution in [3.05, 3.63) is 86.3 Å². The first-order valence-electron chi connectivity index (χ1n) is 8.87. The molecular weight excluding hydrogens is 461 g/mol. The summed E-state index contributed by atoms with van der Waals surface area (Å²) < 4.78 is 12.6. The topological polar surface area (TPSA) is 30.5 Å². The van der Waals surface area contributed by atoms with Gasteiger partial charge in [0.2, 0.25) is 0 Å². The van der Waals surface area contributed by atoms with Gasteiger partial charge in [0.15, 0.2) is 11.5 Å². The van der Waals surface area contributed by atoms with Gasteiger partial charge in [0.25, 0.3) is 0 Å². The number of anilines is 1. The van der Waals surface area contributed by atoms with Gasteiger partial charge in [-0.3, -0.25) is 0 Å². The van der Waals surface area contributed by atoms with E-state index in [0.717, 1.165) is 21.3 Å². The quantitative estimate of drug-likeness (QED) is 0.365. The molecule has 0 atom stereocenters. The molecule has 3 aromatic rings. The van der Waals surface area contributed by atoms with Crippen LogP contribution in [0, 0.1) is 0 Å². The average molecular weight is 481 g/mol. The van der Waals surface area contributed by atoms with E-state index in [1.165, 1.54) is 0 Å². The van der Waals surface area contributed by atoms with Crippen LogP contribution >= 0.6 is 39.1 Å². The first-order chi connectivity index (χ1) is 13.6. The summed E-state index contributed by atoms with van der Waals surface area (Å²) in [7, 11) is 0. The summed E-state index contributed by atoms with van der Waals surface area (Å²) in [6, 6.07) is 19.5. The predicted octanol–water partition coefficient (Wildman–Crippen LogP) is 7.35. The van der Waals surface area contributed by atoms with Crippen LogP contribution in [0.15, 0.2) is 65.1 Å². The Kier molecular flexibility index (Phi) is 7.49. The highest BCUT2D eigenvalue weighted by molar-refractivity contribution is 9.10. The predicted molar refractivity (Wildman–Crippen MR) is 120 cm³/mol. The number of nitrogens with one attached hydrogen (secondary N) is 1. The smallest absolute Gasteiger partial charge is 0.180 e. The fourth-order valence-corrected chi connectivity index (χ4v) is 3.38. The average Bonchev–Trinajstić information content (AvgIpc) is 2.69. The summed E-state index contributed by atoms with van der Waals surface area (Å²) >= 11 is 16.0. The van der Waals surface area contributed by atoms with E-state index >= 15 is 0 Å². The van der Waals surface area contributed by atoms with Crippen molar-refractivity contribution in [1.82, 2.24) is 0 Å². The molecule has 0 heterocycles. The zero-order chi connectivity index (χ0) is 19.9. The first-order valence-corrected chi connectivity index (χ1v) is 10.4. The van der Waals surface area contributed by atoms with Gasteiger partial charge in [-0.1, -0.05) is 53.5 Å². The maximum Gasteiger partial charge on any atom is 0.180 e. The van der Waals surface area contributed by atoms with Crippen LogP contribution in [0.5, 0.6) is 11.5 Å². The minimum absolute atomic E-state index is 0.426. The minimum Gasteiger partial charge on any atom is -0.490 e. The van der Waals surface area contributed by atoms with E-state index in [1.807, 2.05) is 67.6 Å².